The fourth-order valence-electron chi connectivity index (χ4n) is 1.57. The molecule has 1 rings (SSSR count). The molecular formula is C12H18ClNOS. The Morgan fingerprint density at radius 2 is 2.25 bits per heavy atom. The van der Waals surface area contributed by atoms with Crippen LogP contribution in [0, 0.1) is 0 Å². The molecule has 0 fully saturated rings. The van der Waals surface area contributed by atoms with E-state index >= 15 is 0 Å². The zero-order valence-electron chi connectivity index (χ0n) is 9.74. The van der Waals surface area contributed by atoms with Gasteiger partial charge in [-0.15, -0.1) is 17.9 Å². The van der Waals surface area contributed by atoms with Crippen molar-refractivity contribution in [1.29, 1.82) is 0 Å². The first kappa shape index (κ1) is 13.7. The smallest absolute Gasteiger partial charge is 0.0931 e. The highest BCUT2D eigenvalue weighted by molar-refractivity contribution is 7.16. The van der Waals surface area contributed by atoms with Gasteiger partial charge in [0.05, 0.1) is 9.94 Å². The van der Waals surface area contributed by atoms with Gasteiger partial charge < -0.3 is 5.11 Å². The normalized spacial score (nSPS) is 12.1. The van der Waals surface area contributed by atoms with Crippen molar-refractivity contribution in [2.24, 2.45) is 0 Å². The first-order valence-corrected chi connectivity index (χ1v) is 6.40. The van der Waals surface area contributed by atoms with E-state index in [4.69, 9.17) is 11.6 Å². The number of halogens is 1. The van der Waals surface area contributed by atoms with Crippen molar-refractivity contribution in [3.8, 4) is 0 Å². The zero-order chi connectivity index (χ0) is 12.2. The molecule has 0 aliphatic rings. The molecule has 16 heavy (non-hydrogen) atoms. The van der Waals surface area contributed by atoms with E-state index in [9.17, 15) is 5.11 Å². The minimum atomic E-state index is -0.690. The second-order valence-corrected chi connectivity index (χ2v) is 6.28. The molecule has 1 aromatic heterocycles. The van der Waals surface area contributed by atoms with Gasteiger partial charge in [-0.05, 0) is 26.0 Å². The summed E-state index contributed by atoms with van der Waals surface area (Å²) in [6.45, 7) is 9.53. The second kappa shape index (κ2) is 5.82. The number of nitrogens with zero attached hydrogens (tertiary/aromatic N) is 1. The summed E-state index contributed by atoms with van der Waals surface area (Å²) in [5, 5.41) is 9.80. The molecule has 0 unspecified atom stereocenters. The summed E-state index contributed by atoms with van der Waals surface area (Å²) in [5.74, 6) is 0. The van der Waals surface area contributed by atoms with E-state index in [-0.39, 0.29) is 0 Å². The molecule has 0 aliphatic carbocycles. The van der Waals surface area contributed by atoms with E-state index in [1.807, 2.05) is 32.1 Å². The SMILES string of the molecule is C=CCN(Cc1ccc(Cl)s1)CC(C)(C)O. The van der Waals surface area contributed by atoms with Crippen molar-refractivity contribution in [2.75, 3.05) is 13.1 Å². The van der Waals surface area contributed by atoms with Crippen LogP contribution >= 0.6 is 22.9 Å². The summed E-state index contributed by atoms with van der Waals surface area (Å²) in [5.41, 5.74) is -0.690. The van der Waals surface area contributed by atoms with Gasteiger partial charge in [0.2, 0.25) is 0 Å². The van der Waals surface area contributed by atoms with Crippen LogP contribution in [-0.4, -0.2) is 28.7 Å². The Morgan fingerprint density at radius 3 is 2.69 bits per heavy atom. The second-order valence-electron chi connectivity index (χ2n) is 4.48. The van der Waals surface area contributed by atoms with Crippen LogP contribution in [-0.2, 0) is 6.54 Å². The monoisotopic (exact) mass is 259 g/mol. The first-order chi connectivity index (χ1) is 7.40. The molecule has 4 heteroatoms. The van der Waals surface area contributed by atoms with Crippen molar-refractivity contribution in [3.05, 3.63) is 34.0 Å². The van der Waals surface area contributed by atoms with Gasteiger partial charge in [0.1, 0.15) is 0 Å². The Hall–Kier alpha value is -0.350. The Morgan fingerprint density at radius 1 is 1.56 bits per heavy atom. The number of aliphatic hydroxyl groups is 1. The lowest BCUT2D eigenvalue weighted by Crippen LogP contribution is -2.38. The highest BCUT2D eigenvalue weighted by Gasteiger charge is 2.18. The molecular weight excluding hydrogens is 242 g/mol. The Bertz CT molecular complexity index is 343. The van der Waals surface area contributed by atoms with Crippen molar-refractivity contribution in [3.63, 3.8) is 0 Å². The van der Waals surface area contributed by atoms with E-state index in [1.54, 1.807) is 11.3 Å². The molecule has 0 aliphatic heterocycles. The van der Waals surface area contributed by atoms with Gasteiger partial charge in [-0.1, -0.05) is 17.7 Å². The molecule has 2 nitrogen and oxygen atoms in total. The van der Waals surface area contributed by atoms with Crippen molar-refractivity contribution >= 4 is 22.9 Å². The van der Waals surface area contributed by atoms with Crippen molar-refractivity contribution in [2.45, 2.75) is 26.0 Å². The zero-order valence-corrected chi connectivity index (χ0v) is 11.3. The summed E-state index contributed by atoms with van der Waals surface area (Å²) < 4.78 is 0.803. The van der Waals surface area contributed by atoms with E-state index in [0.29, 0.717) is 6.54 Å². The van der Waals surface area contributed by atoms with Crippen LogP contribution in [0.5, 0.6) is 0 Å². The molecule has 0 aromatic carbocycles. The molecule has 0 atom stereocenters. The molecule has 1 heterocycles. The van der Waals surface area contributed by atoms with Gasteiger partial charge in [0.15, 0.2) is 0 Å². The predicted octanol–water partition coefficient (Wildman–Crippen LogP) is 3.16. The first-order valence-electron chi connectivity index (χ1n) is 5.20. The van der Waals surface area contributed by atoms with E-state index in [1.165, 1.54) is 4.88 Å². The summed E-state index contributed by atoms with van der Waals surface area (Å²) in [7, 11) is 0. The molecule has 0 spiro atoms. The van der Waals surface area contributed by atoms with E-state index in [0.717, 1.165) is 17.4 Å². The summed E-state index contributed by atoms with van der Waals surface area (Å²) in [6, 6.07) is 3.92. The third-order valence-corrected chi connectivity index (χ3v) is 3.22. The Labute approximate surface area is 106 Å². The average Bonchev–Trinajstić information content (AvgIpc) is 2.48. The van der Waals surface area contributed by atoms with E-state index < -0.39 is 5.60 Å². The van der Waals surface area contributed by atoms with Gasteiger partial charge in [-0.25, -0.2) is 0 Å². The maximum Gasteiger partial charge on any atom is 0.0931 e. The van der Waals surface area contributed by atoms with Crippen molar-refractivity contribution < 1.29 is 5.11 Å². The highest BCUT2D eigenvalue weighted by atomic mass is 35.5. The number of rotatable bonds is 6. The van der Waals surface area contributed by atoms with Gasteiger partial charge in [-0.3, -0.25) is 4.90 Å². The minimum Gasteiger partial charge on any atom is -0.389 e. The van der Waals surface area contributed by atoms with Crippen LogP contribution in [0.2, 0.25) is 4.34 Å². The molecule has 90 valence electrons. The number of thiophene rings is 1. The number of hydrogen-bond acceptors (Lipinski definition) is 3. The van der Waals surface area contributed by atoms with Gasteiger partial charge in [0, 0.05) is 24.5 Å². The van der Waals surface area contributed by atoms with Crippen LogP contribution in [0.15, 0.2) is 24.8 Å². The molecule has 1 N–H and O–H groups in total. The van der Waals surface area contributed by atoms with Gasteiger partial charge >= 0.3 is 0 Å². The third kappa shape index (κ3) is 5.12. The quantitative estimate of drug-likeness (QED) is 0.794. The van der Waals surface area contributed by atoms with Crippen LogP contribution in [0.3, 0.4) is 0 Å². The average molecular weight is 260 g/mol. The van der Waals surface area contributed by atoms with Crippen molar-refractivity contribution in [1.82, 2.24) is 4.90 Å². The fraction of sp³-hybridized carbons (Fsp3) is 0.500. The summed E-state index contributed by atoms with van der Waals surface area (Å²) >= 11 is 7.46. The topological polar surface area (TPSA) is 23.5 Å². The molecule has 0 saturated heterocycles. The van der Waals surface area contributed by atoms with Crippen LogP contribution in [0.1, 0.15) is 18.7 Å². The Balaban J connectivity index is 2.60. The molecule has 0 saturated carbocycles. The van der Waals surface area contributed by atoms with Gasteiger partial charge in [-0.2, -0.15) is 0 Å². The largest absolute Gasteiger partial charge is 0.389 e. The highest BCUT2D eigenvalue weighted by Crippen LogP contribution is 2.23. The lowest BCUT2D eigenvalue weighted by molar-refractivity contribution is 0.0378. The Kier molecular flexibility index (Phi) is 4.99. The van der Waals surface area contributed by atoms with Crippen LogP contribution < -0.4 is 0 Å². The number of hydrogen-bond donors (Lipinski definition) is 1. The molecule has 0 amide bonds. The van der Waals surface area contributed by atoms with Gasteiger partial charge in [0.25, 0.3) is 0 Å². The predicted molar refractivity (Wildman–Crippen MR) is 71.1 cm³/mol. The minimum absolute atomic E-state index is 0.620. The summed E-state index contributed by atoms with van der Waals surface area (Å²) in [4.78, 5) is 3.35. The van der Waals surface area contributed by atoms with Crippen LogP contribution in [0.25, 0.3) is 0 Å². The molecule has 1 aromatic rings. The lowest BCUT2D eigenvalue weighted by Gasteiger charge is -2.27. The van der Waals surface area contributed by atoms with E-state index in [2.05, 4.69) is 11.5 Å². The maximum absolute atomic E-state index is 9.80. The molecule has 0 radical (unpaired) electrons. The standard InChI is InChI=1S/C12H18ClNOS/c1-4-7-14(9-12(2,3)15)8-10-5-6-11(13)16-10/h4-6,15H,1,7-9H2,2-3H3. The lowest BCUT2D eigenvalue weighted by atomic mass is 10.1. The maximum atomic E-state index is 9.80. The summed E-state index contributed by atoms with van der Waals surface area (Å²) in [6.07, 6.45) is 1.85. The molecule has 0 bridgehead atoms. The van der Waals surface area contributed by atoms with Crippen LogP contribution in [0.4, 0.5) is 0 Å². The third-order valence-electron chi connectivity index (χ3n) is 2.01. The fourth-order valence-corrected chi connectivity index (χ4v) is 2.70.